The van der Waals surface area contributed by atoms with Gasteiger partial charge in [0.05, 0.1) is 50.5 Å². The van der Waals surface area contributed by atoms with Gasteiger partial charge in [-0.15, -0.1) is 0 Å². The van der Waals surface area contributed by atoms with Gasteiger partial charge in [-0.25, -0.2) is 0 Å². The number of nitrogens with zero attached hydrogens (tertiary/aromatic N) is 2. The van der Waals surface area contributed by atoms with Crippen LogP contribution in [0.4, 0.5) is 0 Å². The van der Waals surface area contributed by atoms with Crippen LogP contribution in [0.15, 0.2) is 24.4 Å². The molecule has 1 aromatic heterocycles. The van der Waals surface area contributed by atoms with Gasteiger partial charge in [0.15, 0.2) is 0 Å². The molecule has 2 aliphatic carbocycles. The summed E-state index contributed by atoms with van der Waals surface area (Å²) >= 11 is 0. The standard InChI is InChI=1S/C12H17NO2.C12H22O2.C11H20O3.C10H19NO2.C10H18O2/c1-12(2,3)8-11(14)15-9-10-6-4-5-7-13-10;1-12(2,3)8-11(13)14-9-10-6-4-5-7-10;1-11(2,3)7-10(12)14-8-9-5-4-6-13-9;1-10(2,3)5-9(12)13-8-6-11(4)7-8;1-10(2,3)7-9(11)12-8-5-4-6-8/h4-7H,8-9H2,1-3H3;10H,4-9H2,1-3H3;9H,4-8H2,1-3H3;8H,5-7H2,1-4H3;8H,4-7H2,1-3H3. The lowest BCUT2D eigenvalue weighted by atomic mass is 9.92. The molecule has 2 saturated carbocycles. The lowest BCUT2D eigenvalue weighted by molar-refractivity contribution is -0.158. The maximum atomic E-state index is 11.4. The zero-order valence-electron chi connectivity index (χ0n) is 45.6. The first-order valence-electron chi connectivity index (χ1n) is 25.3. The van der Waals surface area contributed by atoms with Crippen LogP contribution in [0.3, 0.4) is 0 Å². The molecule has 1 aromatic rings. The molecule has 0 aromatic carbocycles. The normalized spacial score (nSPS) is 17.9. The van der Waals surface area contributed by atoms with Crippen LogP contribution in [-0.2, 0) is 59.0 Å². The topological polar surface area (TPSA) is 157 Å². The van der Waals surface area contributed by atoms with Crippen molar-refractivity contribution >= 4 is 29.8 Å². The van der Waals surface area contributed by atoms with E-state index in [1.54, 1.807) is 6.20 Å². The van der Waals surface area contributed by atoms with Gasteiger partial charge < -0.3 is 28.4 Å². The van der Waals surface area contributed by atoms with Crippen LogP contribution in [0.5, 0.6) is 0 Å². The van der Waals surface area contributed by atoms with Gasteiger partial charge in [-0.05, 0) is 97.1 Å². The summed E-state index contributed by atoms with van der Waals surface area (Å²) in [5, 5.41) is 0. The summed E-state index contributed by atoms with van der Waals surface area (Å²) in [7, 11) is 2.02. The second kappa shape index (κ2) is 30.2. The summed E-state index contributed by atoms with van der Waals surface area (Å²) in [4.78, 5) is 62.9. The first kappa shape index (κ1) is 62.4. The first-order valence-corrected chi connectivity index (χ1v) is 25.3. The van der Waals surface area contributed by atoms with Crippen molar-refractivity contribution in [2.75, 3.05) is 40.0 Å². The Balaban J connectivity index is 0.000000426. The van der Waals surface area contributed by atoms with Gasteiger partial charge in [0.25, 0.3) is 0 Å². The number of hydrogen-bond donors (Lipinski definition) is 0. The van der Waals surface area contributed by atoms with Gasteiger partial charge in [-0.2, -0.15) is 0 Å². The third-order valence-electron chi connectivity index (χ3n) is 10.6. The Hall–Kier alpha value is -3.58. The molecule has 0 radical (unpaired) electrons. The van der Waals surface area contributed by atoms with Gasteiger partial charge >= 0.3 is 29.8 Å². The van der Waals surface area contributed by atoms with Gasteiger partial charge in [-0.1, -0.05) is 123 Å². The highest BCUT2D eigenvalue weighted by Gasteiger charge is 2.29. The highest BCUT2D eigenvalue weighted by Crippen LogP contribution is 2.27. The van der Waals surface area contributed by atoms with E-state index in [4.69, 9.17) is 28.4 Å². The number of likely N-dealkylation sites (N-methyl/N-ethyl adjacent to an activating group) is 1. The van der Waals surface area contributed by atoms with Crippen LogP contribution in [0.2, 0.25) is 0 Å². The molecule has 1 unspecified atom stereocenters. The molecule has 2 saturated heterocycles. The van der Waals surface area contributed by atoms with E-state index in [-0.39, 0.29) is 81.8 Å². The minimum absolute atomic E-state index is 0.00756. The van der Waals surface area contributed by atoms with Crippen molar-refractivity contribution in [3.63, 3.8) is 0 Å². The Morgan fingerprint density at radius 2 is 0.985 bits per heavy atom. The molecule has 4 aliphatic rings. The second-order valence-electron chi connectivity index (χ2n) is 25.2. The summed E-state index contributed by atoms with van der Waals surface area (Å²) in [5.74, 6) is 0.210. The fourth-order valence-electron chi connectivity index (χ4n) is 6.97. The molecular formula is C55H96N2O11. The van der Waals surface area contributed by atoms with E-state index < -0.39 is 0 Å². The molecule has 13 heteroatoms. The second-order valence-corrected chi connectivity index (χ2v) is 25.2. The van der Waals surface area contributed by atoms with Crippen LogP contribution in [0, 0.1) is 33.0 Å². The fraction of sp³-hybridized carbons (Fsp3) is 0.818. The molecule has 13 nitrogen and oxygen atoms in total. The minimum atomic E-state index is -0.173. The average Bonchev–Trinajstić information content (AvgIpc) is 3.87. The zero-order chi connectivity index (χ0) is 51.8. The Morgan fingerprint density at radius 1 is 0.544 bits per heavy atom. The molecule has 4 fully saturated rings. The molecule has 5 rings (SSSR count). The van der Waals surface area contributed by atoms with E-state index in [2.05, 4.69) is 51.4 Å². The van der Waals surface area contributed by atoms with Gasteiger partial charge in [0, 0.05) is 25.9 Å². The number of aromatic nitrogens is 1. The van der Waals surface area contributed by atoms with Gasteiger partial charge in [0.1, 0.15) is 25.4 Å². The highest BCUT2D eigenvalue weighted by molar-refractivity contribution is 5.71. The number of carbonyl (C=O) groups excluding carboxylic acids is 5. The zero-order valence-corrected chi connectivity index (χ0v) is 45.6. The molecule has 0 amide bonds. The van der Waals surface area contributed by atoms with Gasteiger partial charge in [-0.3, -0.25) is 33.9 Å². The summed E-state index contributed by atoms with van der Waals surface area (Å²) in [6, 6.07) is 5.55. The van der Waals surface area contributed by atoms with Crippen molar-refractivity contribution in [3.8, 4) is 0 Å². The summed E-state index contributed by atoms with van der Waals surface area (Å²) in [6.07, 6.45) is 15.2. The maximum absolute atomic E-state index is 11.4. The molecule has 392 valence electrons. The number of pyridine rings is 1. The Bertz CT molecular complexity index is 1550. The van der Waals surface area contributed by atoms with Crippen molar-refractivity contribution in [1.29, 1.82) is 0 Å². The molecule has 0 spiro atoms. The van der Waals surface area contributed by atoms with E-state index in [0.29, 0.717) is 51.2 Å². The van der Waals surface area contributed by atoms with Crippen molar-refractivity contribution in [2.24, 2.45) is 33.0 Å². The molecular weight excluding hydrogens is 865 g/mol. The van der Waals surface area contributed by atoms with E-state index in [1.807, 2.05) is 87.6 Å². The molecule has 3 heterocycles. The van der Waals surface area contributed by atoms with Crippen molar-refractivity contribution in [2.45, 2.75) is 219 Å². The van der Waals surface area contributed by atoms with E-state index in [9.17, 15) is 24.0 Å². The Kier molecular flexibility index (Phi) is 27.8. The number of rotatable bonds is 13. The van der Waals surface area contributed by atoms with Crippen LogP contribution in [0.1, 0.15) is 199 Å². The fourth-order valence-corrected chi connectivity index (χ4v) is 6.97. The largest absolute Gasteiger partial charge is 0.465 e. The predicted molar refractivity (Wildman–Crippen MR) is 268 cm³/mol. The van der Waals surface area contributed by atoms with Crippen LogP contribution in [0.25, 0.3) is 0 Å². The number of carbonyl (C=O) groups is 5. The summed E-state index contributed by atoms with van der Waals surface area (Å²) < 4.78 is 31.3. The summed E-state index contributed by atoms with van der Waals surface area (Å²) in [6.45, 7) is 34.5. The highest BCUT2D eigenvalue weighted by atomic mass is 16.6. The molecule has 2 aliphatic heterocycles. The third kappa shape index (κ3) is 36.4. The summed E-state index contributed by atoms with van der Waals surface area (Å²) in [5.41, 5.74) is 0.898. The molecule has 0 bridgehead atoms. The third-order valence-corrected chi connectivity index (χ3v) is 10.6. The van der Waals surface area contributed by atoms with Gasteiger partial charge in [0.2, 0.25) is 0 Å². The van der Waals surface area contributed by atoms with E-state index >= 15 is 0 Å². The Morgan fingerprint density at radius 3 is 1.37 bits per heavy atom. The lowest BCUT2D eigenvalue weighted by Gasteiger charge is -2.35. The van der Waals surface area contributed by atoms with E-state index in [1.165, 1.54) is 32.1 Å². The number of hydrogen-bond acceptors (Lipinski definition) is 13. The smallest absolute Gasteiger partial charge is 0.306 e. The Labute approximate surface area is 412 Å². The SMILES string of the molecule is CC(C)(C)CC(=O)OC1CCC1.CC(C)(C)CC(=O)OCC1CCCC1.CC(C)(C)CC(=O)OCC1CCCO1.CC(C)(C)CC(=O)OCc1ccccn1.CN1CC(OC(=O)CC(C)(C)C)C1. The number of ether oxygens (including phenoxy) is 6. The maximum Gasteiger partial charge on any atom is 0.306 e. The first-order chi connectivity index (χ1) is 31.3. The van der Waals surface area contributed by atoms with Crippen molar-refractivity contribution in [1.82, 2.24) is 9.88 Å². The van der Waals surface area contributed by atoms with Crippen LogP contribution >= 0.6 is 0 Å². The quantitative estimate of drug-likeness (QED) is 0.136. The van der Waals surface area contributed by atoms with Crippen LogP contribution in [-0.4, -0.2) is 98.0 Å². The average molecular weight is 961 g/mol. The van der Waals surface area contributed by atoms with Crippen molar-refractivity contribution < 1.29 is 52.4 Å². The molecule has 0 N–H and O–H groups in total. The van der Waals surface area contributed by atoms with E-state index in [0.717, 1.165) is 51.1 Å². The number of likely N-dealkylation sites (tertiary alicyclic amines) is 1. The lowest BCUT2D eigenvalue weighted by Crippen LogP contribution is -2.50. The predicted octanol–water partition coefficient (Wildman–Crippen LogP) is 11.7. The molecule has 1 atom stereocenters. The van der Waals surface area contributed by atoms with Crippen LogP contribution < -0.4 is 0 Å². The minimum Gasteiger partial charge on any atom is -0.465 e. The van der Waals surface area contributed by atoms with Crippen molar-refractivity contribution in [3.05, 3.63) is 30.1 Å². The monoisotopic (exact) mass is 961 g/mol. The number of esters is 5. The molecule has 68 heavy (non-hydrogen) atoms.